The highest BCUT2D eigenvalue weighted by atomic mass is 19.3. The van der Waals surface area contributed by atoms with Crippen molar-refractivity contribution in [2.24, 2.45) is 5.41 Å². The van der Waals surface area contributed by atoms with E-state index in [0.717, 1.165) is 6.92 Å². The largest absolute Gasteiger partial charge is 0.453 e. The van der Waals surface area contributed by atoms with Crippen LogP contribution in [0.3, 0.4) is 0 Å². The number of rotatable bonds is 6. The average molecular weight is 328 g/mol. The van der Waals surface area contributed by atoms with E-state index in [4.69, 9.17) is 9.47 Å². The predicted molar refractivity (Wildman–Crippen MR) is 81.6 cm³/mol. The van der Waals surface area contributed by atoms with E-state index in [-0.39, 0.29) is 17.3 Å². The number of hydrogen-bond donors (Lipinski definition) is 0. The van der Waals surface area contributed by atoms with Crippen LogP contribution in [-0.2, 0) is 9.53 Å². The van der Waals surface area contributed by atoms with Crippen molar-refractivity contribution in [3.8, 4) is 5.75 Å². The van der Waals surface area contributed by atoms with Gasteiger partial charge in [0.1, 0.15) is 5.75 Å². The van der Waals surface area contributed by atoms with Gasteiger partial charge in [-0.05, 0) is 51.5 Å². The molecule has 0 aliphatic carbocycles. The van der Waals surface area contributed by atoms with E-state index >= 15 is 0 Å². The third-order valence-electron chi connectivity index (χ3n) is 3.73. The molecule has 4 nitrogen and oxygen atoms in total. The SMILES string of the molecule is CCC(C)(C)C(=O)Oc1ccc(C(=O)OC(C)C(C)(F)F)cc1. The van der Waals surface area contributed by atoms with Crippen LogP contribution < -0.4 is 4.74 Å². The van der Waals surface area contributed by atoms with Crippen LogP contribution in [0.2, 0.25) is 0 Å². The summed E-state index contributed by atoms with van der Waals surface area (Å²) < 4.78 is 35.9. The summed E-state index contributed by atoms with van der Waals surface area (Å²) in [4.78, 5) is 23.7. The molecule has 0 aliphatic rings. The smallest absolute Gasteiger partial charge is 0.338 e. The first-order valence-electron chi connectivity index (χ1n) is 7.38. The Labute approximate surface area is 134 Å². The number of alkyl halides is 2. The molecule has 0 heterocycles. The fourth-order valence-corrected chi connectivity index (χ4v) is 1.38. The third-order valence-corrected chi connectivity index (χ3v) is 3.73. The molecule has 0 saturated carbocycles. The maximum Gasteiger partial charge on any atom is 0.338 e. The number of benzene rings is 1. The number of carbonyl (C=O) groups excluding carboxylic acids is 2. The van der Waals surface area contributed by atoms with Gasteiger partial charge in [0.25, 0.3) is 5.92 Å². The van der Waals surface area contributed by atoms with Crippen molar-refractivity contribution in [3.05, 3.63) is 29.8 Å². The summed E-state index contributed by atoms with van der Waals surface area (Å²) in [6.07, 6.45) is -0.905. The number of halogens is 2. The van der Waals surface area contributed by atoms with E-state index < -0.39 is 23.4 Å². The minimum absolute atomic E-state index is 0.107. The van der Waals surface area contributed by atoms with Gasteiger partial charge in [-0.15, -0.1) is 0 Å². The lowest BCUT2D eigenvalue weighted by molar-refractivity contribution is -0.144. The molecule has 1 unspecified atom stereocenters. The summed E-state index contributed by atoms with van der Waals surface area (Å²) in [6.45, 7) is 7.23. The molecule has 0 aromatic heterocycles. The molecule has 0 saturated heterocycles. The first kappa shape index (κ1) is 19.1. The third kappa shape index (κ3) is 5.30. The molecule has 0 radical (unpaired) electrons. The van der Waals surface area contributed by atoms with Crippen molar-refractivity contribution in [2.45, 2.75) is 53.1 Å². The van der Waals surface area contributed by atoms with Crippen LogP contribution >= 0.6 is 0 Å². The predicted octanol–water partition coefficient (Wildman–Crippen LogP) is 4.23. The van der Waals surface area contributed by atoms with Crippen molar-refractivity contribution in [3.63, 3.8) is 0 Å². The van der Waals surface area contributed by atoms with Crippen LogP contribution in [0, 0.1) is 5.41 Å². The van der Waals surface area contributed by atoms with E-state index in [9.17, 15) is 18.4 Å². The van der Waals surface area contributed by atoms with Crippen LogP contribution in [0.1, 0.15) is 51.4 Å². The van der Waals surface area contributed by atoms with Gasteiger partial charge in [-0.2, -0.15) is 0 Å². The Bertz CT molecular complexity index is 559. The number of hydrogen-bond acceptors (Lipinski definition) is 4. The monoisotopic (exact) mass is 328 g/mol. The number of carbonyl (C=O) groups is 2. The van der Waals surface area contributed by atoms with Gasteiger partial charge in [0.2, 0.25) is 0 Å². The van der Waals surface area contributed by atoms with Gasteiger partial charge in [0.15, 0.2) is 6.10 Å². The van der Waals surface area contributed by atoms with Crippen molar-refractivity contribution in [1.29, 1.82) is 0 Å². The molecule has 1 rings (SSSR count). The van der Waals surface area contributed by atoms with Gasteiger partial charge in [0, 0.05) is 6.92 Å². The van der Waals surface area contributed by atoms with Crippen molar-refractivity contribution >= 4 is 11.9 Å². The first-order chi connectivity index (χ1) is 10.5. The van der Waals surface area contributed by atoms with Crippen LogP contribution in [-0.4, -0.2) is 24.0 Å². The Morgan fingerprint density at radius 2 is 1.65 bits per heavy atom. The lowest BCUT2D eigenvalue weighted by Gasteiger charge is -2.20. The average Bonchev–Trinajstić information content (AvgIpc) is 2.46. The Kier molecular flexibility index (Phi) is 5.86. The molecule has 1 aromatic carbocycles. The molecule has 23 heavy (non-hydrogen) atoms. The van der Waals surface area contributed by atoms with E-state index in [1.54, 1.807) is 13.8 Å². The van der Waals surface area contributed by atoms with Gasteiger partial charge >= 0.3 is 11.9 Å². The summed E-state index contributed by atoms with van der Waals surface area (Å²) in [7, 11) is 0. The van der Waals surface area contributed by atoms with Gasteiger partial charge in [-0.3, -0.25) is 4.79 Å². The second kappa shape index (κ2) is 7.06. The van der Waals surface area contributed by atoms with Crippen LogP contribution in [0.4, 0.5) is 8.78 Å². The Balaban J connectivity index is 2.74. The molecular weight excluding hydrogens is 306 g/mol. The van der Waals surface area contributed by atoms with Crippen LogP contribution in [0.25, 0.3) is 0 Å². The van der Waals surface area contributed by atoms with Gasteiger partial charge in [-0.1, -0.05) is 6.92 Å². The number of ether oxygens (including phenoxy) is 2. The maximum atomic E-state index is 13.0. The highest BCUT2D eigenvalue weighted by molar-refractivity contribution is 5.89. The van der Waals surface area contributed by atoms with E-state index in [2.05, 4.69) is 0 Å². The van der Waals surface area contributed by atoms with E-state index in [1.807, 2.05) is 6.92 Å². The lowest BCUT2D eigenvalue weighted by Crippen LogP contribution is -2.32. The van der Waals surface area contributed by atoms with E-state index in [0.29, 0.717) is 13.3 Å². The molecule has 1 aromatic rings. The molecule has 0 spiro atoms. The molecule has 0 amide bonds. The van der Waals surface area contributed by atoms with Gasteiger partial charge in [-0.25, -0.2) is 13.6 Å². The second-order valence-electron chi connectivity index (χ2n) is 6.16. The van der Waals surface area contributed by atoms with E-state index in [1.165, 1.54) is 24.3 Å². The summed E-state index contributed by atoms with van der Waals surface area (Å²) in [5.74, 6) is -4.07. The molecule has 1 atom stereocenters. The van der Waals surface area contributed by atoms with Gasteiger partial charge in [0.05, 0.1) is 11.0 Å². The molecule has 0 N–H and O–H groups in total. The van der Waals surface area contributed by atoms with Gasteiger partial charge < -0.3 is 9.47 Å². The zero-order valence-corrected chi connectivity index (χ0v) is 14.0. The molecular formula is C17H22F2O4. The number of esters is 2. The van der Waals surface area contributed by atoms with Crippen molar-refractivity contribution in [2.75, 3.05) is 0 Å². The zero-order valence-electron chi connectivity index (χ0n) is 14.0. The standard InChI is InChI=1S/C17H22F2O4/c1-6-16(3,4)15(21)23-13-9-7-12(8-10-13)14(20)22-11(2)17(5,18)19/h7-11H,6H2,1-5H3. The molecule has 128 valence electrons. The summed E-state index contributed by atoms with van der Waals surface area (Å²) in [5.41, 5.74) is -0.504. The molecule has 0 fully saturated rings. The highest BCUT2D eigenvalue weighted by Gasteiger charge is 2.33. The minimum atomic E-state index is -3.11. The summed E-state index contributed by atoms with van der Waals surface area (Å²) >= 11 is 0. The molecule has 0 bridgehead atoms. The summed E-state index contributed by atoms with van der Waals surface area (Å²) in [5, 5.41) is 0. The molecule has 6 heteroatoms. The fraction of sp³-hybridized carbons (Fsp3) is 0.529. The Morgan fingerprint density at radius 1 is 1.13 bits per heavy atom. The lowest BCUT2D eigenvalue weighted by atomic mass is 9.91. The second-order valence-corrected chi connectivity index (χ2v) is 6.16. The highest BCUT2D eigenvalue weighted by Crippen LogP contribution is 2.24. The van der Waals surface area contributed by atoms with Crippen molar-refractivity contribution < 1.29 is 27.8 Å². The normalized spacial score (nSPS) is 13.3. The zero-order chi connectivity index (χ0) is 17.8. The maximum absolute atomic E-state index is 13.0. The topological polar surface area (TPSA) is 52.6 Å². The van der Waals surface area contributed by atoms with Crippen molar-refractivity contribution in [1.82, 2.24) is 0 Å². The Morgan fingerprint density at radius 3 is 2.09 bits per heavy atom. The molecule has 0 aliphatic heterocycles. The fourth-order valence-electron chi connectivity index (χ4n) is 1.38. The quantitative estimate of drug-likeness (QED) is 0.579. The minimum Gasteiger partial charge on any atom is -0.453 e. The first-order valence-corrected chi connectivity index (χ1v) is 7.38. The van der Waals surface area contributed by atoms with Crippen LogP contribution in [0.5, 0.6) is 5.75 Å². The van der Waals surface area contributed by atoms with Crippen LogP contribution in [0.15, 0.2) is 24.3 Å². The Hall–Kier alpha value is -1.98. The summed E-state index contributed by atoms with van der Waals surface area (Å²) in [6, 6.07) is 5.58.